The van der Waals surface area contributed by atoms with Crippen LogP contribution < -0.4 is 0 Å². The molecule has 1 fully saturated rings. The third-order valence-electron chi connectivity index (χ3n) is 8.15. The minimum Gasteiger partial charge on any atom is -0.336 e. The second kappa shape index (κ2) is 11.0. The Bertz CT molecular complexity index is 1670. The van der Waals surface area contributed by atoms with Crippen molar-refractivity contribution in [1.29, 1.82) is 0 Å². The van der Waals surface area contributed by atoms with E-state index in [1.54, 1.807) is 0 Å². The fourth-order valence-electron chi connectivity index (χ4n) is 5.68. The molecular weight excluding hydrogens is 504 g/mol. The molecule has 0 aliphatic carbocycles. The highest BCUT2D eigenvalue weighted by atomic mass is 16.2. The average molecular weight is 543 g/mol. The van der Waals surface area contributed by atoms with E-state index in [1.165, 1.54) is 27.9 Å². The lowest BCUT2D eigenvalue weighted by atomic mass is 9.86. The van der Waals surface area contributed by atoms with Crippen molar-refractivity contribution in [1.82, 2.24) is 19.2 Å². The Morgan fingerprint density at radius 2 is 1.49 bits per heavy atom. The predicted octanol–water partition coefficient (Wildman–Crippen LogP) is 7.23. The summed E-state index contributed by atoms with van der Waals surface area (Å²) in [7, 11) is 0. The topological polar surface area (TPSA) is 40.9 Å². The monoisotopic (exact) mass is 542 g/mol. The van der Waals surface area contributed by atoms with Gasteiger partial charge in [-0.2, -0.15) is 0 Å². The van der Waals surface area contributed by atoms with E-state index in [1.807, 2.05) is 23.1 Å². The van der Waals surface area contributed by atoms with Crippen molar-refractivity contribution >= 4 is 11.6 Å². The molecule has 3 aromatic carbocycles. The fraction of sp³-hybridized carbons (Fsp3) is 0.278. The van der Waals surface area contributed by atoms with Crippen LogP contribution in [-0.2, 0) is 12.0 Å². The zero-order valence-corrected chi connectivity index (χ0v) is 24.5. The van der Waals surface area contributed by atoms with Gasteiger partial charge in [-0.3, -0.25) is 9.69 Å². The first kappa shape index (κ1) is 27.0. The number of amides is 1. The Morgan fingerprint density at radius 3 is 2.17 bits per heavy atom. The number of pyridine rings is 1. The minimum absolute atomic E-state index is 0.0739. The van der Waals surface area contributed by atoms with Crippen molar-refractivity contribution in [3.05, 3.63) is 120 Å². The molecule has 0 N–H and O–H groups in total. The van der Waals surface area contributed by atoms with Crippen LogP contribution in [0.4, 0.5) is 0 Å². The Labute approximate surface area is 243 Å². The summed E-state index contributed by atoms with van der Waals surface area (Å²) in [6.07, 6.45) is 2.22. The molecule has 1 aliphatic rings. The van der Waals surface area contributed by atoms with E-state index in [4.69, 9.17) is 4.98 Å². The van der Waals surface area contributed by atoms with Gasteiger partial charge in [0.1, 0.15) is 5.65 Å². The second-order valence-electron chi connectivity index (χ2n) is 12.2. The number of carbonyl (C=O) groups is 1. The Balaban J connectivity index is 1.24. The maximum absolute atomic E-state index is 13.3. The van der Waals surface area contributed by atoms with E-state index in [0.29, 0.717) is 13.1 Å². The highest BCUT2D eigenvalue weighted by Crippen LogP contribution is 2.29. The van der Waals surface area contributed by atoms with Gasteiger partial charge in [-0.15, -0.1) is 0 Å². The third-order valence-corrected chi connectivity index (χ3v) is 8.15. The zero-order valence-electron chi connectivity index (χ0n) is 24.5. The molecule has 0 unspecified atom stereocenters. The number of imidazole rings is 1. The van der Waals surface area contributed by atoms with Crippen LogP contribution in [0.2, 0.25) is 0 Å². The molecule has 5 aromatic rings. The fourth-order valence-corrected chi connectivity index (χ4v) is 5.68. The van der Waals surface area contributed by atoms with E-state index in [-0.39, 0.29) is 11.3 Å². The molecule has 0 saturated carbocycles. The number of nitrogens with zero attached hydrogens (tertiary/aromatic N) is 4. The van der Waals surface area contributed by atoms with Crippen LogP contribution in [0.15, 0.2) is 97.2 Å². The molecule has 2 aromatic heterocycles. The van der Waals surface area contributed by atoms with Gasteiger partial charge in [0.2, 0.25) is 0 Å². The first-order valence-corrected chi connectivity index (χ1v) is 14.5. The summed E-state index contributed by atoms with van der Waals surface area (Å²) in [5.74, 6) is 0.118. The minimum atomic E-state index is 0.0739. The average Bonchev–Trinajstić information content (AvgIpc) is 3.34. The largest absolute Gasteiger partial charge is 0.336 e. The maximum Gasteiger partial charge on any atom is 0.253 e. The predicted molar refractivity (Wildman–Crippen MR) is 167 cm³/mol. The molecule has 208 valence electrons. The van der Waals surface area contributed by atoms with E-state index in [0.717, 1.165) is 42.1 Å². The molecule has 3 heterocycles. The van der Waals surface area contributed by atoms with Gasteiger partial charge in [-0.25, -0.2) is 4.98 Å². The van der Waals surface area contributed by atoms with Crippen LogP contribution in [0.5, 0.6) is 0 Å². The quantitative estimate of drug-likeness (QED) is 0.235. The number of fused-ring (bicyclic) bond motifs is 1. The lowest BCUT2D eigenvalue weighted by Gasteiger charge is -2.35. The van der Waals surface area contributed by atoms with E-state index < -0.39 is 0 Å². The second-order valence-corrected chi connectivity index (χ2v) is 12.2. The number of piperazine rings is 1. The molecule has 6 rings (SSSR count). The molecule has 0 bridgehead atoms. The summed E-state index contributed by atoms with van der Waals surface area (Å²) in [5, 5.41) is 0. The molecule has 0 atom stereocenters. The van der Waals surface area contributed by atoms with Gasteiger partial charge < -0.3 is 9.30 Å². The molecule has 5 heteroatoms. The highest BCUT2D eigenvalue weighted by Gasteiger charge is 2.25. The van der Waals surface area contributed by atoms with E-state index in [9.17, 15) is 4.79 Å². The lowest BCUT2D eigenvalue weighted by Crippen LogP contribution is -2.48. The number of benzene rings is 3. The van der Waals surface area contributed by atoms with Gasteiger partial charge in [0.25, 0.3) is 5.91 Å². The van der Waals surface area contributed by atoms with Crippen LogP contribution >= 0.6 is 0 Å². The molecular formula is C36H38N4O. The van der Waals surface area contributed by atoms with Gasteiger partial charge in [-0.1, -0.05) is 93.1 Å². The number of hydrogen-bond acceptors (Lipinski definition) is 3. The van der Waals surface area contributed by atoms with Gasteiger partial charge in [-0.05, 0) is 53.3 Å². The normalized spacial score (nSPS) is 14.5. The first-order chi connectivity index (χ1) is 19.8. The summed E-state index contributed by atoms with van der Waals surface area (Å²) in [5.41, 5.74) is 9.97. The summed E-state index contributed by atoms with van der Waals surface area (Å²) in [6.45, 7) is 12.6. The summed E-state index contributed by atoms with van der Waals surface area (Å²) >= 11 is 0. The number of rotatable bonds is 5. The summed E-state index contributed by atoms with van der Waals surface area (Å²) in [4.78, 5) is 22.8. The van der Waals surface area contributed by atoms with Crippen LogP contribution in [-0.4, -0.2) is 51.3 Å². The van der Waals surface area contributed by atoms with Crippen LogP contribution in [0.25, 0.3) is 28.0 Å². The lowest BCUT2D eigenvalue weighted by molar-refractivity contribution is 0.0627. The number of carbonyl (C=O) groups excluding carboxylic acids is 1. The van der Waals surface area contributed by atoms with Gasteiger partial charge in [0.05, 0.1) is 11.4 Å². The summed E-state index contributed by atoms with van der Waals surface area (Å²) in [6, 6.07) is 31.5. The standard InChI is InChI=1S/C36H38N4O/c1-26-9-8-12-29(23-26)30-15-18-33-37-34(27-10-6-5-7-11-27)32(40(33)24-30)25-38-19-21-39(22-20-38)35(41)28-13-16-31(17-14-28)36(2,3)4/h5-18,23-24H,19-22,25H2,1-4H3. The molecule has 1 amide bonds. The van der Waals surface area contributed by atoms with Gasteiger partial charge in [0.15, 0.2) is 0 Å². The van der Waals surface area contributed by atoms with Crippen LogP contribution in [0, 0.1) is 6.92 Å². The first-order valence-electron chi connectivity index (χ1n) is 14.5. The Kier molecular flexibility index (Phi) is 7.22. The van der Waals surface area contributed by atoms with Crippen molar-refractivity contribution in [2.75, 3.05) is 26.2 Å². The third kappa shape index (κ3) is 5.68. The molecule has 1 saturated heterocycles. The summed E-state index contributed by atoms with van der Waals surface area (Å²) < 4.78 is 2.26. The molecule has 0 radical (unpaired) electrons. The van der Waals surface area contributed by atoms with Crippen molar-refractivity contribution in [2.45, 2.75) is 39.7 Å². The number of hydrogen-bond donors (Lipinski definition) is 0. The molecule has 1 aliphatic heterocycles. The van der Waals surface area contributed by atoms with Crippen molar-refractivity contribution < 1.29 is 4.79 Å². The molecule has 41 heavy (non-hydrogen) atoms. The van der Waals surface area contributed by atoms with E-state index in [2.05, 4.69) is 116 Å². The van der Waals surface area contributed by atoms with Gasteiger partial charge >= 0.3 is 0 Å². The van der Waals surface area contributed by atoms with Crippen molar-refractivity contribution in [3.63, 3.8) is 0 Å². The van der Waals surface area contributed by atoms with Crippen molar-refractivity contribution in [3.8, 4) is 22.4 Å². The van der Waals surface area contributed by atoms with Gasteiger partial charge in [0, 0.05) is 50.0 Å². The SMILES string of the molecule is Cc1cccc(-c2ccc3nc(-c4ccccc4)c(CN4CCN(C(=O)c5ccc(C(C)(C)C)cc5)CC4)n3c2)c1. The Hall–Kier alpha value is -4.22. The van der Waals surface area contributed by atoms with Crippen LogP contribution in [0.1, 0.15) is 48.0 Å². The number of aryl methyl sites for hydroxylation is 1. The maximum atomic E-state index is 13.3. The molecule has 0 spiro atoms. The van der Waals surface area contributed by atoms with Crippen LogP contribution in [0.3, 0.4) is 0 Å². The van der Waals surface area contributed by atoms with Crippen molar-refractivity contribution in [2.24, 2.45) is 0 Å². The highest BCUT2D eigenvalue weighted by molar-refractivity contribution is 5.94. The zero-order chi connectivity index (χ0) is 28.6. The Morgan fingerprint density at radius 1 is 0.780 bits per heavy atom. The molecule has 5 nitrogen and oxygen atoms in total. The number of aromatic nitrogens is 2. The smallest absolute Gasteiger partial charge is 0.253 e. The van der Waals surface area contributed by atoms with E-state index >= 15 is 0 Å².